The zero-order chi connectivity index (χ0) is 16.8. The Balaban J connectivity index is 1.48. The van der Waals surface area contributed by atoms with E-state index in [1.165, 1.54) is 6.26 Å². The first kappa shape index (κ1) is 16.0. The molecule has 0 aliphatic rings. The quantitative estimate of drug-likeness (QED) is 0.699. The fourth-order valence-electron chi connectivity index (χ4n) is 2.39. The molecule has 6 heteroatoms. The minimum absolute atomic E-state index is 0.160. The number of rotatable bonds is 7. The van der Waals surface area contributed by atoms with Gasteiger partial charge in [0, 0.05) is 24.5 Å². The Labute approximate surface area is 139 Å². The first-order valence-corrected chi connectivity index (χ1v) is 7.78. The van der Waals surface area contributed by atoms with Crippen molar-refractivity contribution >= 4 is 5.91 Å². The molecule has 2 aromatic heterocycles. The van der Waals surface area contributed by atoms with E-state index in [2.05, 4.69) is 10.4 Å². The van der Waals surface area contributed by atoms with Crippen LogP contribution in [-0.4, -0.2) is 27.3 Å². The molecule has 1 aromatic carbocycles. The van der Waals surface area contributed by atoms with Crippen LogP contribution in [0.5, 0.6) is 0 Å². The average Bonchev–Trinajstić information content (AvgIpc) is 3.29. The van der Waals surface area contributed by atoms with Crippen molar-refractivity contribution < 1.29 is 14.3 Å². The largest absolute Gasteiger partial charge is 0.467 e. The highest BCUT2D eigenvalue weighted by molar-refractivity contribution is 5.94. The summed E-state index contributed by atoms with van der Waals surface area (Å²) in [7, 11) is 0. The molecule has 1 amide bonds. The Morgan fingerprint density at radius 1 is 1.25 bits per heavy atom. The molecule has 1 atom stereocenters. The smallest absolute Gasteiger partial charge is 0.251 e. The van der Waals surface area contributed by atoms with Gasteiger partial charge in [0.05, 0.1) is 12.8 Å². The summed E-state index contributed by atoms with van der Waals surface area (Å²) in [5, 5.41) is 16.9. The lowest BCUT2D eigenvalue weighted by Gasteiger charge is -2.09. The lowest BCUT2D eigenvalue weighted by atomic mass is 10.1. The van der Waals surface area contributed by atoms with Gasteiger partial charge >= 0.3 is 0 Å². The summed E-state index contributed by atoms with van der Waals surface area (Å²) in [4.78, 5) is 12.1. The fraction of sp³-hybridized carbons (Fsp3) is 0.222. The van der Waals surface area contributed by atoms with Gasteiger partial charge in [-0.3, -0.25) is 9.48 Å². The first-order valence-electron chi connectivity index (χ1n) is 7.78. The third kappa shape index (κ3) is 4.11. The van der Waals surface area contributed by atoms with Gasteiger partial charge in [-0.25, -0.2) is 0 Å². The molecule has 3 rings (SSSR count). The van der Waals surface area contributed by atoms with Crippen LogP contribution in [0.2, 0.25) is 0 Å². The molecule has 0 aliphatic carbocycles. The molecule has 0 saturated carbocycles. The summed E-state index contributed by atoms with van der Waals surface area (Å²) >= 11 is 0. The van der Waals surface area contributed by atoms with E-state index in [-0.39, 0.29) is 5.91 Å². The Morgan fingerprint density at radius 3 is 2.75 bits per heavy atom. The minimum atomic E-state index is -0.711. The number of hydrogen-bond donors (Lipinski definition) is 2. The minimum Gasteiger partial charge on any atom is -0.467 e. The highest BCUT2D eigenvalue weighted by Gasteiger charge is 2.11. The van der Waals surface area contributed by atoms with Gasteiger partial charge in [0.1, 0.15) is 11.9 Å². The number of carbonyl (C=O) groups is 1. The third-order valence-corrected chi connectivity index (χ3v) is 3.69. The molecule has 2 N–H and O–H groups in total. The van der Waals surface area contributed by atoms with Gasteiger partial charge < -0.3 is 14.8 Å². The molecule has 0 saturated heterocycles. The SMILES string of the molecule is O=C(NCC[C@H](O)c1ccco1)c1ccc(Cn2cccn2)cc1. The number of nitrogens with one attached hydrogen (secondary N) is 1. The molecule has 0 aliphatic heterocycles. The van der Waals surface area contributed by atoms with Crippen molar-refractivity contribution in [3.05, 3.63) is 78.0 Å². The summed E-state index contributed by atoms with van der Waals surface area (Å²) in [5.41, 5.74) is 1.66. The van der Waals surface area contributed by atoms with Gasteiger partial charge in [0.15, 0.2) is 0 Å². The Bertz CT molecular complexity index is 749. The highest BCUT2D eigenvalue weighted by atomic mass is 16.4. The van der Waals surface area contributed by atoms with E-state index in [4.69, 9.17) is 4.42 Å². The molecule has 2 heterocycles. The number of carbonyl (C=O) groups excluding carboxylic acids is 1. The monoisotopic (exact) mass is 325 g/mol. The number of nitrogens with zero attached hydrogens (tertiary/aromatic N) is 2. The van der Waals surface area contributed by atoms with Gasteiger partial charge in [-0.2, -0.15) is 5.10 Å². The second kappa shape index (κ2) is 7.61. The third-order valence-electron chi connectivity index (χ3n) is 3.69. The van der Waals surface area contributed by atoms with Crippen LogP contribution in [0, 0.1) is 0 Å². The summed E-state index contributed by atoms with van der Waals surface area (Å²) in [6, 6.07) is 12.7. The summed E-state index contributed by atoms with van der Waals surface area (Å²) in [6.45, 7) is 1.04. The second-order valence-electron chi connectivity index (χ2n) is 5.48. The standard InChI is InChI=1S/C18H19N3O3/c22-16(17-3-1-12-24-17)8-10-19-18(23)15-6-4-14(5-7-15)13-21-11-2-9-20-21/h1-7,9,11-12,16,22H,8,10,13H2,(H,19,23)/t16-/m0/s1. The lowest BCUT2D eigenvalue weighted by molar-refractivity contribution is 0.0936. The van der Waals surface area contributed by atoms with E-state index >= 15 is 0 Å². The second-order valence-corrected chi connectivity index (χ2v) is 5.48. The van der Waals surface area contributed by atoms with Crippen molar-refractivity contribution in [1.82, 2.24) is 15.1 Å². The Morgan fingerprint density at radius 2 is 2.08 bits per heavy atom. The van der Waals surface area contributed by atoms with Crippen LogP contribution in [0.4, 0.5) is 0 Å². The van der Waals surface area contributed by atoms with Crippen LogP contribution in [0.1, 0.15) is 34.2 Å². The van der Waals surface area contributed by atoms with E-state index < -0.39 is 6.10 Å². The zero-order valence-corrected chi connectivity index (χ0v) is 13.1. The number of furan rings is 1. The molecular weight excluding hydrogens is 306 g/mol. The van der Waals surface area contributed by atoms with Crippen LogP contribution in [0.3, 0.4) is 0 Å². The van der Waals surface area contributed by atoms with Crippen LogP contribution in [0.15, 0.2) is 65.5 Å². The van der Waals surface area contributed by atoms with Crippen molar-refractivity contribution in [2.75, 3.05) is 6.54 Å². The molecule has 124 valence electrons. The van der Waals surface area contributed by atoms with Gasteiger partial charge in [-0.1, -0.05) is 12.1 Å². The van der Waals surface area contributed by atoms with E-state index in [1.54, 1.807) is 30.5 Å². The van der Waals surface area contributed by atoms with Gasteiger partial charge in [-0.15, -0.1) is 0 Å². The number of benzene rings is 1. The molecule has 6 nitrogen and oxygen atoms in total. The number of amides is 1. The van der Waals surface area contributed by atoms with Gasteiger partial charge in [0.2, 0.25) is 0 Å². The Kier molecular flexibility index (Phi) is 5.08. The number of aliphatic hydroxyl groups is 1. The van der Waals surface area contributed by atoms with Crippen molar-refractivity contribution in [3.63, 3.8) is 0 Å². The van der Waals surface area contributed by atoms with Crippen LogP contribution in [0.25, 0.3) is 0 Å². The number of aromatic nitrogens is 2. The number of aliphatic hydroxyl groups excluding tert-OH is 1. The van der Waals surface area contributed by atoms with Crippen molar-refractivity contribution in [2.24, 2.45) is 0 Å². The lowest BCUT2D eigenvalue weighted by Crippen LogP contribution is -2.25. The van der Waals surface area contributed by atoms with Crippen LogP contribution in [-0.2, 0) is 6.54 Å². The molecule has 0 radical (unpaired) electrons. The summed E-state index contributed by atoms with van der Waals surface area (Å²) in [6.07, 6.45) is 4.83. The average molecular weight is 325 g/mol. The van der Waals surface area contributed by atoms with Crippen LogP contribution < -0.4 is 5.32 Å². The molecule has 0 spiro atoms. The van der Waals surface area contributed by atoms with E-state index in [0.717, 1.165) is 5.56 Å². The summed E-state index contributed by atoms with van der Waals surface area (Å²) < 4.78 is 6.95. The van der Waals surface area contributed by atoms with Gasteiger partial charge in [0.25, 0.3) is 5.91 Å². The predicted molar refractivity (Wildman–Crippen MR) is 88.4 cm³/mol. The molecule has 0 unspecified atom stereocenters. The van der Waals surface area contributed by atoms with E-state index in [9.17, 15) is 9.90 Å². The normalized spacial score (nSPS) is 12.0. The highest BCUT2D eigenvalue weighted by Crippen LogP contribution is 2.16. The molecular formula is C18H19N3O3. The first-order chi connectivity index (χ1) is 11.7. The van der Waals surface area contributed by atoms with Crippen LogP contribution >= 0.6 is 0 Å². The maximum absolute atomic E-state index is 12.1. The van der Waals surface area contributed by atoms with E-state index in [0.29, 0.717) is 30.8 Å². The predicted octanol–water partition coefficient (Wildman–Crippen LogP) is 2.38. The molecule has 3 aromatic rings. The van der Waals surface area contributed by atoms with Crippen molar-refractivity contribution in [2.45, 2.75) is 19.1 Å². The van der Waals surface area contributed by atoms with Crippen molar-refractivity contribution in [1.29, 1.82) is 0 Å². The maximum atomic E-state index is 12.1. The van der Waals surface area contributed by atoms with Gasteiger partial charge in [-0.05, 0) is 42.3 Å². The topological polar surface area (TPSA) is 80.3 Å². The Hall–Kier alpha value is -2.86. The maximum Gasteiger partial charge on any atom is 0.251 e. The van der Waals surface area contributed by atoms with Crippen molar-refractivity contribution in [3.8, 4) is 0 Å². The number of hydrogen-bond acceptors (Lipinski definition) is 4. The molecule has 24 heavy (non-hydrogen) atoms. The molecule has 0 fully saturated rings. The fourth-order valence-corrected chi connectivity index (χ4v) is 2.39. The summed E-state index contributed by atoms with van der Waals surface area (Å²) in [5.74, 6) is 0.347. The zero-order valence-electron chi connectivity index (χ0n) is 13.1. The van der Waals surface area contributed by atoms with E-state index in [1.807, 2.05) is 29.1 Å². The molecule has 0 bridgehead atoms.